The number of carbonyl (C=O) groups is 1. The number of aliphatic carboxylic acids is 1. The van der Waals surface area contributed by atoms with E-state index in [1.54, 1.807) is 0 Å². The number of nitrogens with zero attached hydrogens (tertiary/aromatic N) is 1. The summed E-state index contributed by atoms with van der Waals surface area (Å²) >= 11 is 2.01. The third-order valence-electron chi connectivity index (χ3n) is 5.02. The molecule has 0 radical (unpaired) electrons. The van der Waals surface area contributed by atoms with Crippen molar-refractivity contribution in [2.45, 2.75) is 68.8 Å². The lowest BCUT2D eigenvalue weighted by atomic mass is 9.84. The van der Waals surface area contributed by atoms with E-state index in [0.29, 0.717) is 23.3 Å². The summed E-state index contributed by atoms with van der Waals surface area (Å²) in [5.41, 5.74) is 0. The smallest absolute Gasteiger partial charge is 0.320 e. The average Bonchev–Trinajstić information content (AvgIpc) is 2.92. The van der Waals surface area contributed by atoms with Gasteiger partial charge in [-0.3, -0.25) is 9.69 Å². The van der Waals surface area contributed by atoms with Crippen molar-refractivity contribution in [1.29, 1.82) is 0 Å². The van der Waals surface area contributed by atoms with Gasteiger partial charge in [-0.15, -0.1) is 0 Å². The summed E-state index contributed by atoms with van der Waals surface area (Å²) in [7, 11) is 0. The second-order valence-corrected chi connectivity index (χ2v) is 7.65. The van der Waals surface area contributed by atoms with Gasteiger partial charge in [0.25, 0.3) is 0 Å². The maximum absolute atomic E-state index is 11.5. The Morgan fingerprint density at radius 2 is 2.06 bits per heavy atom. The van der Waals surface area contributed by atoms with Crippen LogP contribution >= 0.6 is 11.8 Å². The molecule has 102 valence electrons. The number of rotatable bonds is 2. The molecule has 0 aromatic carbocycles. The van der Waals surface area contributed by atoms with E-state index < -0.39 is 5.97 Å². The Balaban J connectivity index is 1.80. The summed E-state index contributed by atoms with van der Waals surface area (Å²) in [5.74, 6) is 1.20. The molecule has 3 aliphatic rings. The standard InChI is InChI=1S/C14H23NO2S/c1-9-6-11(8-18-9)15-12-5-3-2-4-10(12)7-13(15)14(16)17/h9-13H,2-8H2,1H3,(H,16,17). The van der Waals surface area contributed by atoms with Gasteiger partial charge in [-0.2, -0.15) is 11.8 Å². The molecular weight excluding hydrogens is 246 g/mol. The molecule has 5 atom stereocenters. The third kappa shape index (κ3) is 2.18. The molecule has 3 rings (SSSR count). The molecular formula is C14H23NO2S. The Kier molecular flexibility index (Phi) is 3.59. The second kappa shape index (κ2) is 5.04. The van der Waals surface area contributed by atoms with Crippen molar-refractivity contribution in [1.82, 2.24) is 4.90 Å². The Morgan fingerprint density at radius 3 is 2.72 bits per heavy atom. The van der Waals surface area contributed by atoms with Gasteiger partial charge in [0.15, 0.2) is 0 Å². The zero-order chi connectivity index (χ0) is 12.7. The molecule has 0 bridgehead atoms. The van der Waals surface area contributed by atoms with Gasteiger partial charge >= 0.3 is 5.97 Å². The molecule has 18 heavy (non-hydrogen) atoms. The predicted octanol–water partition coefficient (Wildman–Crippen LogP) is 2.60. The van der Waals surface area contributed by atoms with Crippen molar-refractivity contribution in [3.05, 3.63) is 0 Å². The largest absolute Gasteiger partial charge is 0.480 e. The fraction of sp³-hybridized carbons (Fsp3) is 0.929. The van der Waals surface area contributed by atoms with Crippen LogP contribution in [-0.4, -0.2) is 45.1 Å². The highest BCUT2D eigenvalue weighted by molar-refractivity contribution is 8.00. The number of thioether (sulfide) groups is 1. The third-order valence-corrected chi connectivity index (χ3v) is 6.36. The fourth-order valence-electron chi connectivity index (χ4n) is 4.25. The first kappa shape index (κ1) is 12.8. The van der Waals surface area contributed by atoms with E-state index in [1.807, 2.05) is 11.8 Å². The van der Waals surface area contributed by atoms with Crippen LogP contribution in [0.15, 0.2) is 0 Å². The van der Waals surface area contributed by atoms with Crippen LogP contribution in [-0.2, 0) is 4.79 Å². The molecule has 3 nitrogen and oxygen atoms in total. The quantitative estimate of drug-likeness (QED) is 0.836. The summed E-state index contributed by atoms with van der Waals surface area (Å²) in [6.45, 7) is 2.27. The highest BCUT2D eigenvalue weighted by atomic mass is 32.2. The molecule has 1 aliphatic carbocycles. The number of carboxylic acids is 1. The average molecular weight is 269 g/mol. The molecule has 1 saturated carbocycles. The normalized spacial score (nSPS) is 45.1. The molecule has 1 N–H and O–H groups in total. The van der Waals surface area contributed by atoms with Crippen LogP contribution in [0, 0.1) is 5.92 Å². The molecule has 0 amide bonds. The zero-order valence-electron chi connectivity index (χ0n) is 11.0. The maximum Gasteiger partial charge on any atom is 0.320 e. The first-order valence-electron chi connectivity index (χ1n) is 7.28. The van der Waals surface area contributed by atoms with Gasteiger partial charge in [0.1, 0.15) is 6.04 Å². The van der Waals surface area contributed by atoms with E-state index in [1.165, 1.54) is 32.1 Å². The van der Waals surface area contributed by atoms with Gasteiger partial charge in [0.05, 0.1) is 0 Å². The number of hydrogen-bond donors (Lipinski definition) is 1. The predicted molar refractivity (Wildman–Crippen MR) is 74.0 cm³/mol. The van der Waals surface area contributed by atoms with Gasteiger partial charge in [-0.1, -0.05) is 19.8 Å². The number of likely N-dealkylation sites (tertiary alicyclic amines) is 1. The number of hydrogen-bond acceptors (Lipinski definition) is 3. The van der Waals surface area contributed by atoms with E-state index in [-0.39, 0.29) is 6.04 Å². The minimum absolute atomic E-state index is 0.200. The molecule has 0 spiro atoms. The van der Waals surface area contributed by atoms with Crippen LogP contribution in [0.1, 0.15) is 45.4 Å². The van der Waals surface area contributed by atoms with Crippen LogP contribution in [0.2, 0.25) is 0 Å². The zero-order valence-corrected chi connectivity index (χ0v) is 11.9. The fourth-order valence-corrected chi connectivity index (χ4v) is 5.47. The first-order valence-corrected chi connectivity index (χ1v) is 8.33. The van der Waals surface area contributed by atoms with Gasteiger partial charge in [0.2, 0.25) is 0 Å². The molecule has 0 aromatic heterocycles. The van der Waals surface area contributed by atoms with Crippen LogP contribution in [0.25, 0.3) is 0 Å². The lowest BCUT2D eigenvalue weighted by Crippen LogP contribution is -2.48. The molecule has 0 aromatic rings. The van der Waals surface area contributed by atoms with E-state index in [4.69, 9.17) is 0 Å². The van der Waals surface area contributed by atoms with E-state index in [2.05, 4.69) is 11.8 Å². The lowest BCUT2D eigenvalue weighted by Gasteiger charge is -2.37. The molecule has 2 saturated heterocycles. The van der Waals surface area contributed by atoms with Crippen LogP contribution in [0.4, 0.5) is 0 Å². The van der Waals surface area contributed by atoms with Crippen LogP contribution < -0.4 is 0 Å². The Hall–Kier alpha value is -0.220. The second-order valence-electron chi connectivity index (χ2n) is 6.18. The lowest BCUT2D eigenvalue weighted by molar-refractivity contribution is -0.143. The van der Waals surface area contributed by atoms with E-state index in [0.717, 1.165) is 12.2 Å². The summed E-state index contributed by atoms with van der Waals surface area (Å²) in [5, 5.41) is 10.2. The molecule has 4 heteroatoms. The highest BCUT2D eigenvalue weighted by Gasteiger charge is 2.48. The summed E-state index contributed by atoms with van der Waals surface area (Å²) in [4.78, 5) is 14.0. The Morgan fingerprint density at radius 1 is 1.28 bits per heavy atom. The summed E-state index contributed by atoms with van der Waals surface area (Å²) in [6.07, 6.45) is 7.15. The first-order chi connectivity index (χ1) is 8.66. The van der Waals surface area contributed by atoms with Crippen molar-refractivity contribution in [2.24, 2.45) is 5.92 Å². The van der Waals surface area contributed by atoms with Crippen LogP contribution in [0.5, 0.6) is 0 Å². The van der Waals surface area contributed by atoms with Crippen molar-refractivity contribution in [3.63, 3.8) is 0 Å². The van der Waals surface area contributed by atoms with Crippen molar-refractivity contribution in [3.8, 4) is 0 Å². The molecule has 3 fully saturated rings. The minimum Gasteiger partial charge on any atom is -0.480 e. The van der Waals surface area contributed by atoms with Crippen molar-refractivity contribution in [2.75, 3.05) is 5.75 Å². The van der Waals surface area contributed by atoms with Gasteiger partial charge < -0.3 is 5.11 Å². The number of fused-ring (bicyclic) bond motifs is 1. The van der Waals surface area contributed by atoms with Crippen LogP contribution in [0.3, 0.4) is 0 Å². The monoisotopic (exact) mass is 269 g/mol. The Labute approximate surface area is 113 Å². The minimum atomic E-state index is -0.589. The molecule has 2 aliphatic heterocycles. The maximum atomic E-state index is 11.5. The van der Waals surface area contributed by atoms with Gasteiger partial charge in [-0.05, 0) is 31.6 Å². The van der Waals surface area contributed by atoms with Crippen molar-refractivity contribution < 1.29 is 9.90 Å². The highest BCUT2D eigenvalue weighted by Crippen LogP contribution is 2.44. The molecule has 2 heterocycles. The van der Waals surface area contributed by atoms with E-state index in [9.17, 15) is 9.90 Å². The Bertz CT molecular complexity index is 336. The van der Waals surface area contributed by atoms with Crippen molar-refractivity contribution >= 4 is 17.7 Å². The van der Waals surface area contributed by atoms with Gasteiger partial charge in [-0.25, -0.2) is 0 Å². The topological polar surface area (TPSA) is 40.5 Å². The SMILES string of the molecule is CC1CC(N2C(C(=O)O)CC3CCCCC32)CS1. The molecule has 5 unspecified atom stereocenters. The van der Waals surface area contributed by atoms with E-state index >= 15 is 0 Å². The summed E-state index contributed by atoms with van der Waals surface area (Å²) < 4.78 is 0. The van der Waals surface area contributed by atoms with Gasteiger partial charge in [0, 0.05) is 23.1 Å². The number of carboxylic acid groups (broad SMARTS) is 1. The summed E-state index contributed by atoms with van der Waals surface area (Å²) in [6, 6.07) is 0.879.